The van der Waals surface area contributed by atoms with Gasteiger partial charge in [-0.3, -0.25) is 9.59 Å². The molecule has 1 aliphatic rings. The number of unbranched alkanes of at least 4 members (excludes halogenated alkanes) is 2. The number of rotatable bonds is 10. The fourth-order valence-electron chi connectivity index (χ4n) is 3.48. The number of pyridine rings is 1. The van der Waals surface area contributed by atoms with Gasteiger partial charge in [0.05, 0.1) is 16.7 Å². The number of hydrogen-bond acceptors (Lipinski definition) is 7. The Bertz CT molecular complexity index is 924. The molecule has 1 aromatic carbocycles. The summed E-state index contributed by atoms with van der Waals surface area (Å²) in [6, 6.07) is 5.03. The monoisotopic (exact) mass is 469 g/mol. The lowest BCUT2D eigenvalue weighted by atomic mass is 9.83. The summed E-state index contributed by atoms with van der Waals surface area (Å²) in [4.78, 5) is 26.5. The molecule has 0 amide bonds. The number of carbonyl (C=O) groups excluding carboxylic acids is 2. The Balaban J connectivity index is 0.00000240. The molecule has 0 spiro atoms. The molecule has 1 aliphatic carbocycles. The minimum Gasteiger partial charge on any atom is -0.619 e. The van der Waals surface area contributed by atoms with Gasteiger partial charge in [0, 0.05) is 36.1 Å². The summed E-state index contributed by atoms with van der Waals surface area (Å²) in [5.74, 6) is -0.589. The lowest BCUT2D eigenvalue weighted by molar-refractivity contribution is -0.605. The van der Waals surface area contributed by atoms with Crippen LogP contribution in [0.3, 0.4) is 0 Å². The summed E-state index contributed by atoms with van der Waals surface area (Å²) in [5, 5.41) is 18.2. The van der Waals surface area contributed by atoms with Crippen molar-refractivity contribution in [1.29, 1.82) is 0 Å². The van der Waals surface area contributed by atoms with Crippen molar-refractivity contribution in [3.8, 4) is 0 Å². The van der Waals surface area contributed by atoms with Gasteiger partial charge in [0.15, 0.2) is 18.2 Å². The minimum absolute atomic E-state index is 0. The number of benzene rings is 1. The van der Waals surface area contributed by atoms with Gasteiger partial charge in [0.1, 0.15) is 0 Å². The molecule has 170 valence electrons. The van der Waals surface area contributed by atoms with Crippen LogP contribution in [0.25, 0.3) is 0 Å². The SMILES string of the molecule is Cl.Cl.NCCCCNc1ccc(NCCCCN)c2c1C(=O)c1cc[n+]([O-])cc1C2=O. The maximum atomic E-state index is 13.2. The predicted octanol–water partition coefficient (Wildman–Crippen LogP) is 2.24. The topological polar surface area (TPSA) is 137 Å². The first-order valence-electron chi connectivity index (χ1n) is 9.95. The second kappa shape index (κ2) is 12.5. The first-order chi connectivity index (χ1) is 14.1. The summed E-state index contributed by atoms with van der Waals surface area (Å²) in [6.45, 7) is 2.49. The van der Waals surface area contributed by atoms with E-state index in [1.165, 1.54) is 12.3 Å². The van der Waals surface area contributed by atoms with Crippen molar-refractivity contribution < 1.29 is 14.3 Å². The van der Waals surface area contributed by atoms with E-state index in [1.54, 1.807) is 6.07 Å². The highest BCUT2D eigenvalue weighted by Crippen LogP contribution is 2.36. The Morgan fingerprint density at radius 2 is 1.26 bits per heavy atom. The number of fused-ring (bicyclic) bond motifs is 2. The number of hydrogen-bond donors (Lipinski definition) is 4. The van der Waals surface area contributed by atoms with E-state index in [4.69, 9.17) is 11.5 Å². The van der Waals surface area contributed by atoms with E-state index >= 15 is 0 Å². The maximum Gasteiger partial charge on any atom is 0.202 e. The van der Waals surface area contributed by atoms with Gasteiger partial charge in [0.2, 0.25) is 5.78 Å². The quantitative estimate of drug-likeness (QED) is 0.203. The van der Waals surface area contributed by atoms with Gasteiger partial charge >= 0.3 is 0 Å². The van der Waals surface area contributed by atoms with Gasteiger partial charge in [0.25, 0.3) is 0 Å². The van der Waals surface area contributed by atoms with Crippen LogP contribution in [0.5, 0.6) is 0 Å². The van der Waals surface area contributed by atoms with Crippen molar-refractivity contribution in [3.05, 3.63) is 58.1 Å². The van der Waals surface area contributed by atoms with Gasteiger partial charge in [-0.2, -0.15) is 4.73 Å². The second-order valence-electron chi connectivity index (χ2n) is 7.05. The molecular formula is C21H29Cl2N5O3. The first kappa shape index (κ1) is 26.6. The fourth-order valence-corrected chi connectivity index (χ4v) is 3.48. The molecule has 8 nitrogen and oxygen atoms in total. The molecule has 0 radical (unpaired) electrons. The zero-order valence-electron chi connectivity index (χ0n) is 17.2. The van der Waals surface area contributed by atoms with Crippen LogP contribution in [-0.2, 0) is 0 Å². The molecule has 1 aromatic heterocycles. The van der Waals surface area contributed by atoms with Crippen molar-refractivity contribution in [2.75, 3.05) is 36.8 Å². The van der Waals surface area contributed by atoms with Gasteiger partial charge in [-0.25, -0.2) is 0 Å². The second-order valence-corrected chi connectivity index (χ2v) is 7.05. The van der Waals surface area contributed by atoms with Gasteiger partial charge < -0.3 is 27.3 Å². The fraction of sp³-hybridized carbons (Fsp3) is 0.381. The highest BCUT2D eigenvalue weighted by atomic mass is 35.5. The van der Waals surface area contributed by atoms with Crippen LogP contribution >= 0.6 is 24.8 Å². The average molecular weight is 470 g/mol. The van der Waals surface area contributed by atoms with E-state index in [9.17, 15) is 14.8 Å². The van der Waals surface area contributed by atoms with Crippen LogP contribution in [0.15, 0.2) is 30.6 Å². The molecule has 0 saturated heterocycles. The van der Waals surface area contributed by atoms with Crippen molar-refractivity contribution >= 4 is 47.8 Å². The number of nitrogens with zero attached hydrogens (tertiary/aromatic N) is 1. The molecule has 1 heterocycles. The van der Waals surface area contributed by atoms with Crippen molar-refractivity contribution in [1.82, 2.24) is 0 Å². The number of nitrogens with one attached hydrogen (secondary N) is 2. The van der Waals surface area contributed by atoms with E-state index in [2.05, 4.69) is 10.6 Å². The Kier molecular flexibility index (Phi) is 10.7. The summed E-state index contributed by atoms with van der Waals surface area (Å²) in [5.41, 5.74) is 13.3. The third-order valence-electron chi connectivity index (χ3n) is 4.98. The number of carbonyl (C=O) groups is 2. The van der Waals surface area contributed by atoms with Crippen LogP contribution in [0.2, 0.25) is 0 Å². The third-order valence-corrected chi connectivity index (χ3v) is 4.98. The first-order valence-corrected chi connectivity index (χ1v) is 9.95. The molecule has 2 aromatic rings. The number of ketones is 2. The molecule has 10 heteroatoms. The van der Waals surface area contributed by atoms with Gasteiger partial charge in [-0.05, 0) is 50.9 Å². The highest BCUT2D eigenvalue weighted by molar-refractivity contribution is 6.31. The maximum absolute atomic E-state index is 13.2. The molecule has 0 fully saturated rings. The third kappa shape index (κ3) is 5.86. The van der Waals surface area contributed by atoms with E-state index in [1.807, 2.05) is 6.07 Å². The lowest BCUT2D eigenvalue weighted by Gasteiger charge is -2.23. The lowest BCUT2D eigenvalue weighted by Crippen LogP contribution is -2.32. The predicted molar refractivity (Wildman–Crippen MR) is 127 cm³/mol. The number of halogens is 2. The zero-order valence-corrected chi connectivity index (χ0v) is 18.8. The molecule has 0 unspecified atom stereocenters. The number of aromatic nitrogens is 1. The Hall–Kier alpha value is -2.39. The summed E-state index contributed by atoms with van der Waals surface area (Å²) in [6.07, 6.45) is 5.84. The molecule has 0 aliphatic heterocycles. The zero-order chi connectivity index (χ0) is 20.8. The average Bonchev–Trinajstić information content (AvgIpc) is 2.72. The van der Waals surface area contributed by atoms with Crippen LogP contribution in [-0.4, -0.2) is 37.7 Å². The summed E-state index contributed by atoms with van der Waals surface area (Å²) < 4.78 is 0.540. The Morgan fingerprint density at radius 1 is 0.774 bits per heavy atom. The summed E-state index contributed by atoms with van der Waals surface area (Å²) >= 11 is 0. The molecule has 6 N–H and O–H groups in total. The Labute approximate surface area is 194 Å². The Morgan fingerprint density at radius 3 is 1.74 bits per heavy atom. The van der Waals surface area contributed by atoms with Crippen LogP contribution in [0.1, 0.15) is 57.5 Å². The van der Waals surface area contributed by atoms with Crippen LogP contribution in [0, 0.1) is 5.21 Å². The normalized spacial score (nSPS) is 11.7. The van der Waals surface area contributed by atoms with Crippen LogP contribution < -0.4 is 26.8 Å². The molecule has 3 rings (SSSR count). The van der Waals surface area contributed by atoms with Gasteiger partial charge in [-0.15, -0.1) is 24.8 Å². The number of nitrogens with two attached hydrogens (primary N) is 2. The molecule has 0 saturated carbocycles. The number of anilines is 2. The van der Waals surface area contributed by atoms with E-state index in [0.29, 0.717) is 53.4 Å². The largest absolute Gasteiger partial charge is 0.619 e. The standard InChI is InChI=1S/C21H27N5O3.2ClH/c22-8-1-3-10-24-16-5-6-17(25-11-4-2-9-23)19-18(16)20(27)14-7-12-26(29)13-15(14)21(19)28;;/h5-7,12-13,24-25H,1-4,8-11,22-23H2;2*1H. The van der Waals surface area contributed by atoms with Crippen LogP contribution in [0.4, 0.5) is 11.4 Å². The molecule has 0 bridgehead atoms. The smallest absolute Gasteiger partial charge is 0.202 e. The highest BCUT2D eigenvalue weighted by Gasteiger charge is 2.35. The van der Waals surface area contributed by atoms with E-state index in [0.717, 1.165) is 31.9 Å². The van der Waals surface area contributed by atoms with Crippen molar-refractivity contribution in [3.63, 3.8) is 0 Å². The van der Waals surface area contributed by atoms with E-state index < -0.39 is 0 Å². The molecule has 31 heavy (non-hydrogen) atoms. The van der Waals surface area contributed by atoms with E-state index in [-0.39, 0.29) is 47.5 Å². The van der Waals surface area contributed by atoms with Crippen molar-refractivity contribution in [2.45, 2.75) is 25.7 Å². The molecular weight excluding hydrogens is 441 g/mol. The minimum atomic E-state index is -0.327. The summed E-state index contributed by atoms with van der Waals surface area (Å²) in [7, 11) is 0. The van der Waals surface area contributed by atoms with Crippen molar-refractivity contribution in [2.24, 2.45) is 11.5 Å². The van der Waals surface area contributed by atoms with Gasteiger partial charge in [-0.1, -0.05) is 0 Å². The molecule has 0 atom stereocenters.